The van der Waals surface area contributed by atoms with Gasteiger partial charge in [0, 0.05) is 13.7 Å². The maximum Gasteiger partial charge on any atom is 0.241 e. The summed E-state index contributed by atoms with van der Waals surface area (Å²) in [6, 6.07) is -0.0615. The SMILES string of the molecule is COCC(CCO)Nc1nc(NN)nc2[nH]ncc12. The molecule has 19 heavy (non-hydrogen) atoms. The predicted octanol–water partition coefficient (Wildman–Crippen LogP) is -0.552. The maximum atomic E-state index is 9.04. The Morgan fingerprint density at radius 1 is 1.53 bits per heavy atom. The van der Waals surface area contributed by atoms with E-state index in [-0.39, 0.29) is 18.6 Å². The Balaban J connectivity index is 2.28. The maximum absolute atomic E-state index is 9.04. The fourth-order valence-electron chi connectivity index (χ4n) is 1.76. The van der Waals surface area contributed by atoms with Crippen molar-refractivity contribution in [2.45, 2.75) is 12.5 Å². The van der Waals surface area contributed by atoms with E-state index in [4.69, 9.17) is 15.7 Å². The van der Waals surface area contributed by atoms with Gasteiger partial charge in [-0.05, 0) is 6.42 Å². The van der Waals surface area contributed by atoms with Crippen LogP contribution in [0.5, 0.6) is 0 Å². The summed E-state index contributed by atoms with van der Waals surface area (Å²) in [7, 11) is 1.60. The molecule has 2 aromatic heterocycles. The van der Waals surface area contributed by atoms with E-state index in [0.29, 0.717) is 24.5 Å². The van der Waals surface area contributed by atoms with E-state index in [1.807, 2.05) is 0 Å². The first-order valence-corrected chi connectivity index (χ1v) is 5.82. The number of nitrogens with zero attached hydrogens (tertiary/aromatic N) is 3. The summed E-state index contributed by atoms with van der Waals surface area (Å²) >= 11 is 0. The van der Waals surface area contributed by atoms with Crippen molar-refractivity contribution in [3.05, 3.63) is 6.20 Å². The van der Waals surface area contributed by atoms with Crippen LogP contribution in [0.1, 0.15) is 6.42 Å². The van der Waals surface area contributed by atoms with Crippen LogP contribution in [0.4, 0.5) is 11.8 Å². The summed E-state index contributed by atoms with van der Waals surface area (Å²) in [5.41, 5.74) is 2.97. The van der Waals surface area contributed by atoms with Gasteiger partial charge in [0.1, 0.15) is 5.82 Å². The van der Waals surface area contributed by atoms with E-state index < -0.39 is 0 Å². The van der Waals surface area contributed by atoms with Gasteiger partial charge < -0.3 is 15.2 Å². The quantitative estimate of drug-likeness (QED) is 0.333. The zero-order valence-electron chi connectivity index (χ0n) is 10.6. The fraction of sp³-hybridized carbons (Fsp3) is 0.500. The number of anilines is 2. The van der Waals surface area contributed by atoms with Gasteiger partial charge in [-0.1, -0.05) is 0 Å². The molecule has 0 aliphatic rings. The Morgan fingerprint density at radius 3 is 3.05 bits per heavy atom. The van der Waals surface area contributed by atoms with Crippen LogP contribution >= 0.6 is 0 Å². The van der Waals surface area contributed by atoms with E-state index in [0.717, 1.165) is 5.39 Å². The first-order chi connectivity index (χ1) is 9.28. The highest BCUT2D eigenvalue weighted by atomic mass is 16.5. The minimum absolute atomic E-state index is 0.0582. The standard InChI is InChI=1S/C10H17N7O2/c1-19-5-6(2-3-18)13-8-7-4-12-17-9(7)15-10(14-8)16-11/h4,6,18H,2-3,5,11H2,1H3,(H3,12,13,14,15,16,17). The van der Waals surface area contributed by atoms with Crippen molar-refractivity contribution >= 4 is 22.8 Å². The number of aliphatic hydroxyl groups excluding tert-OH is 1. The van der Waals surface area contributed by atoms with Gasteiger partial charge in [0.25, 0.3) is 0 Å². The second-order valence-electron chi connectivity index (χ2n) is 3.98. The number of hydrazine groups is 1. The van der Waals surface area contributed by atoms with Crippen LogP contribution in [-0.4, -0.2) is 51.6 Å². The third kappa shape index (κ3) is 3.08. The van der Waals surface area contributed by atoms with Gasteiger partial charge in [-0.2, -0.15) is 15.1 Å². The lowest BCUT2D eigenvalue weighted by atomic mass is 10.2. The summed E-state index contributed by atoms with van der Waals surface area (Å²) < 4.78 is 5.10. The number of methoxy groups -OCH3 is 1. The van der Waals surface area contributed by atoms with Crippen LogP contribution in [0.15, 0.2) is 6.20 Å². The highest BCUT2D eigenvalue weighted by Crippen LogP contribution is 2.20. The van der Waals surface area contributed by atoms with Crippen LogP contribution in [-0.2, 0) is 4.74 Å². The molecular weight excluding hydrogens is 250 g/mol. The molecule has 0 saturated heterocycles. The summed E-state index contributed by atoms with van der Waals surface area (Å²) in [5.74, 6) is 6.19. The molecule has 0 aliphatic heterocycles. The number of hydrogen-bond donors (Lipinski definition) is 5. The lowest BCUT2D eigenvalue weighted by molar-refractivity contribution is 0.170. The van der Waals surface area contributed by atoms with Crippen molar-refractivity contribution < 1.29 is 9.84 Å². The zero-order chi connectivity index (χ0) is 13.7. The number of fused-ring (bicyclic) bond motifs is 1. The summed E-state index contributed by atoms with van der Waals surface area (Å²) in [5, 5.41) is 19.7. The molecule has 0 aliphatic carbocycles. The number of aliphatic hydroxyl groups is 1. The normalized spacial score (nSPS) is 12.6. The van der Waals surface area contributed by atoms with Crippen molar-refractivity contribution in [3.8, 4) is 0 Å². The Morgan fingerprint density at radius 2 is 2.37 bits per heavy atom. The zero-order valence-corrected chi connectivity index (χ0v) is 10.6. The third-order valence-corrected chi connectivity index (χ3v) is 2.63. The van der Waals surface area contributed by atoms with E-state index in [1.165, 1.54) is 0 Å². The van der Waals surface area contributed by atoms with Crippen molar-refractivity contribution in [1.82, 2.24) is 20.2 Å². The van der Waals surface area contributed by atoms with Crippen molar-refractivity contribution in [1.29, 1.82) is 0 Å². The largest absolute Gasteiger partial charge is 0.396 e. The number of aromatic nitrogens is 4. The van der Waals surface area contributed by atoms with Gasteiger partial charge in [-0.25, -0.2) is 5.84 Å². The van der Waals surface area contributed by atoms with Crippen LogP contribution < -0.4 is 16.6 Å². The van der Waals surface area contributed by atoms with Crippen molar-refractivity contribution in [2.75, 3.05) is 31.1 Å². The number of aromatic amines is 1. The van der Waals surface area contributed by atoms with Gasteiger partial charge in [0.15, 0.2) is 5.65 Å². The lowest BCUT2D eigenvalue weighted by Gasteiger charge is -2.18. The molecule has 0 spiro atoms. The fourth-order valence-corrected chi connectivity index (χ4v) is 1.76. The number of rotatable bonds is 7. The number of nitrogens with one attached hydrogen (secondary N) is 3. The van der Waals surface area contributed by atoms with Gasteiger partial charge in [-0.15, -0.1) is 0 Å². The van der Waals surface area contributed by atoms with E-state index >= 15 is 0 Å². The average Bonchev–Trinajstić information content (AvgIpc) is 2.87. The molecule has 0 fully saturated rings. The van der Waals surface area contributed by atoms with Crippen LogP contribution in [0.2, 0.25) is 0 Å². The second kappa shape index (κ2) is 6.27. The first-order valence-electron chi connectivity index (χ1n) is 5.82. The first kappa shape index (κ1) is 13.5. The highest BCUT2D eigenvalue weighted by molar-refractivity contribution is 5.87. The minimum Gasteiger partial charge on any atom is -0.396 e. The monoisotopic (exact) mass is 267 g/mol. The Labute approximate surface area is 109 Å². The van der Waals surface area contributed by atoms with Crippen molar-refractivity contribution in [2.24, 2.45) is 5.84 Å². The number of nitrogens with two attached hydrogens (primary N) is 1. The molecule has 1 unspecified atom stereocenters. The predicted molar refractivity (Wildman–Crippen MR) is 70.5 cm³/mol. The van der Waals surface area contributed by atoms with Gasteiger partial charge in [-0.3, -0.25) is 10.5 Å². The Bertz CT molecular complexity index is 524. The van der Waals surface area contributed by atoms with Gasteiger partial charge >= 0.3 is 0 Å². The molecule has 104 valence electrons. The molecule has 2 rings (SSSR count). The van der Waals surface area contributed by atoms with E-state index in [2.05, 4.69) is 30.9 Å². The number of H-pyrrole nitrogens is 1. The lowest BCUT2D eigenvalue weighted by Crippen LogP contribution is -2.27. The molecule has 2 heterocycles. The average molecular weight is 267 g/mol. The third-order valence-electron chi connectivity index (χ3n) is 2.63. The van der Waals surface area contributed by atoms with Crippen molar-refractivity contribution in [3.63, 3.8) is 0 Å². The molecule has 0 radical (unpaired) electrons. The molecule has 0 aromatic carbocycles. The topological polar surface area (TPSA) is 134 Å². The molecule has 0 amide bonds. The summed E-state index contributed by atoms with van der Waals surface area (Å²) in [6.45, 7) is 0.512. The summed E-state index contributed by atoms with van der Waals surface area (Å²) in [6.07, 6.45) is 2.17. The van der Waals surface area contributed by atoms with Crippen LogP contribution in [0.3, 0.4) is 0 Å². The molecule has 0 saturated carbocycles. The number of nitrogen functional groups attached to an aromatic ring is 1. The molecule has 1 atom stereocenters. The molecule has 2 aromatic rings. The molecular formula is C10H17N7O2. The van der Waals surface area contributed by atoms with E-state index in [1.54, 1.807) is 13.3 Å². The number of hydrogen-bond acceptors (Lipinski definition) is 8. The van der Waals surface area contributed by atoms with Gasteiger partial charge in [0.2, 0.25) is 5.95 Å². The highest BCUT2D eigenvalue weighted by Gasteiger charge is 2.14. The molecule has 9 heteroatoms. The van der Waals surface area contributed by atoms with Crippen LogP contribution in [0, 0.1) is 0 Å². The summed E-state index contributed by atoms with van der Waals surface area (Å²) in [4.78, 5) is 8.37. The number of ether oxygens (including phenoxy) is 1. The molecule has 0 bridgehead atoms. The second-order valence-corrected chi connectivity index (χ2v) is 3.98. The molecule has 9 nitrogen and oxygen atoms in total. The molecule has 6 N–H and O–H groups in total. The Kier molecular flexibility index (Phi) is 4.44. The Hall–Kier alpha value is -1.97. The smallest absolute Gasteiger partial charge is 0.241 e. The minimum atomic E-state index is -0.0615. The van der Waals surface area contributed by atoms with Gasteiger partial charge in [0.05, 0.1) is 24.2 Å². The van der Waals surface area contributed by atoms with Crippen LogP contribution in [0.25, 0.3) is 11.0 Å². The van der Waals surface area contributed by atoms with E-state index in [9.17, 15) is 0 Å².